The second-order valence-corrected chi connectivity index (χ2v) is 5.63. The fourth-order valence-electron chi connectivity index (χ4n) is 2.94. The van der Waals surface area contributed by atoms with Gasteiger partial charge in [-0.2, -0.15) is 0 Å². The summed E-state index contributed by atoms with van der Waals surface area (Å²) in [5.74, 6) is 1.90. The summed E-state index contributed by atoms with van der Waals surface area (Å²) in [5.41, 5.74) is 1.16. The molecule has 0 spiro atoms. The van der Waals surface area contributed by atoms with E-state index in [0.717, 1.165) is 30.4 Å². The van der Waals surface area contributed by atoms with Gasteiger partial charge in [-0.3, -0.25) is 0 Å². The number of nitrogens with one attached hydrogen (secondary N) is 1. The molecule has 2 heteroatoms. The summed E-state index contributed by atoms with van der Waals surface area (Å²) in [6.45, 7) is 5.25. The molecule has 0 radical (unpaired) electrons. The van der Waals surface area contributed by atoms with E-state index in [1.165, 1.54) is 32.1 Å². The van der Waals surface area contributed by atoms with Gasteiger partial charge in [0.25, 0.3) is 0 Å². The van der Waals surface area contributed by atoms with Crippen molar-refractivity contribution in [3.05, 3.63) is 24.3 Å². The molecule has 0 saturated heterocycles. The Kier molecular flexibility index (Phi) is 5.56. The first kappa shape index (κ1) is 14.2. The zero-order valence-corrected chi connectivity index (χ0v) is 12.3. The third-order valence-corrected chi connectivity index (χ3v) is 4.07. The second kappa shape index (κ2) is 7.42. The van der Waals surface area contributed by atoms with Crippen molar-refractivity contribution >= 4 is 5.69 Å². The van der Waals surface area contributed by atoms with Crippen molar-refractivity contribution in [3.63, 3.8) is 0 Å². The van der Waals surface area contributed by atoms with Gasteiger partial charge in [0.2, 0.25) is 0 Å². The van der Waals surface area contributed by atoms with E-state index in [2.05, 4.69) is 37.4 Å². The van der Waals surface area contributed by atoms with Gasteiger partial charge in [-0.05, 0) is 37.3 Å². The van der Waals surface area contributed by atoms with Gasteiger partial charge in [-0.1, -0.05) is 45.2 Å². The van der Waals surface area contributed by atoms with Crippen molar-refractivity contribution in [2.45, 2.75) is 58.4 Å². The molecule has 0 aromatic heterocycles. The van der Waals surface area contributed by atoms with Crippen molar-refractivity contribution in [3.8, 4) is 5.75 Å². The summed E-state index contributed by atoms with van der Waals surface area (Å²) in [6.07, 6.45) is 7.72. The van der Waals surface area contributed by atoms with Crippen molar-refractivity contribution in [2.75, 3.05) is 11.9 Å². The second-order valence-electron chi connectivity index (χ2n) is 5.63. The summed E-state index contributed by atoms with van der Waals surface area (Å²) in [4.78, 5) is 0. The van der Waals surface area contributed by atoms with Crippen LogP contribution in [0.3, 0.4) is 0 Å². The molecule has 19 heavy (non-hydrogen) atoms. The van der Waals surface area contributed by atoms with Crippen molar-refractivity contribution in [1.29, 1.82) is 0 Å². The normalized spacial score (nSPS) is 23.1. The van der Waals surface area contributed by atoms with E-state index in [1.54, 1.807) is 0 Å². The molecule has 1 N–H and O–H groups in total. The van der Waals surface area contributed by atoms with Gasteiger partial charge in [-0.15, -0.1) is 0 Å². The van der Waals surface area contributed by atoms with Crippen LogP contribution in [0.5, 0.6) is 5.75 Å². The standard InChI is InChI=1S/C17H27NO/c1-3-12-19-17-11-6-5-10-16(17)18-15-9-7-8-14(4-2)13-15/h5-6,10-11,14-15,18H,3-4,7-9,12-13H2,1-2H3. The predicted molar refractivity (Wildman–Crippen MR) is 81.9 cm³/mol. The van der Waals surface area contributed by atoms with Crippen LogP contribution in [0.15, 0.2) is 24.3 Å². The topological polar surface area (TPSA) is 21.3 Å². The van der Waals surface area contributed by atoms with E-state index >= 15 is 0 Å². The Morgan fingerprint density at radius 2 is 2.05 bits per heavy atom. The highest BCUT2D eigenvalue weighted by Crippen LogP contribution is 2.31. The van der Waals surface area contributed by atoms with Crippen molar-refractivity contribution in [1.82, 2.24) is 0 Å². The van der Waals surface area contributed by atoms with E-state index in [4.69, 9.17) is 4.74 Å². The molecule has 2 unspecified atom stereocenters. The first-order valence-electron chi connectivity index (χ1n) is 7.81. The van der Waals surface area contributed by atoms with Gasteiger partial charge >= 0.3 is 0 Å². The minimum Gasteiger partial charge on any atom is -0.491 e. The van der Waals surface area contributed by atoms with Crippen LogP contribution in [0, 0.1) is 5.92 Å². The fourth-order valence-corrected chi connectivity index (χ4v) is 2.94. The smallest absolute Gasteiger partial charge is 0.142 e. The van der Waals surface area contributed by atoms with Crippen LogP contribution >= 0.6 is 0 Å². The van der Waals surface area contributed by atoms with Gasteiger partial charge in [0, 0.05) is 6.04 Å². The molecule has 2 rings (SSSR count). The van der Waals surface area contributed by atoms with E-state index in [0.29, 0.717) is 6.04 Å². The third kappa shape index (κ3) is 4.15. The maximum atomic E-state index is 5.82. The van der Waals surface area contributed by atoms with Gasteiger partial charge in [0.15, 0.2) is 0 Å². The largest absolute Gasteiger partial charge is 0.491 e. The first-order chi connectivity index (χ1) is 9.33. The van der Waals surface area contributed by atoms with Gasteiger partial charge in [-0.25, -0.2) is 0 Å². The summed E-state index contributed by atoms with van der Waals surface area (Å²) >= 11 is 0. The maximum Gasteiger partial charge on any atom is 0.142 e. The Morgan fingerprint density at radius 3 is 2.84 bits per heavy atom. The summed E-state index contributed by atoms with van der Waals surface area (Å²) in [6, 6.07) is 8.95. The van der Waals surface area contributed by atoms with Crippen LogP contribution in [0.4, 0.5) is 5.69 Å². The molecule has 1 saturated carbocycles. The molecule has 1 fully saturated rings. The fraction of sp³-hybridized carbons (Fsp3) is 0.647. The molecule has 1 aromatic rings. The van der Waals surface area contributed by atoms with Crippen LogP contribution in [0.1, 0.15) is 52.4 Å². The Labute approximate surface area is 117 Å². The SMILES string of the molecule is CCCOc1ccccc1NC1CCCC(CC)C1. The van der Waals surface area contributed by atoms with Crippen LogP contribution in [0.25, 0.3) is 0 Å². The number of rotatable bonds is 6. The van der Waals surface area contributed by atoms with Gasteiger partial charge < -0.3 is 10.1 Å². The molecular formula is C17H27NO. The molecule has 0 heterocycles. The summed E-state index contributed by atoms with van der Waals surface area (Å²) in [5, 5.41) is 3.70. The van der Waals surface area contributed by atoms with Crippen molar-refractivity contribution < 1.29 is 4.74 Å². The van der Waals surface area contributed by atoms with E-state index < -0.39 is 0 Å². The average Bonchev–Trinajstić information content (AvgIpc) is 2.46. The molecule has 106 valence electrons. The quantitative estimate of drug-likeness (QED) is 0.790. The van der Waals surface area contributed by atoms with Crippen LogP contribution in [-0.4, -0.2) is 12.6 Å². The van der Waals surface area contributed by atoms with E-state index in [1.807, 2.05) is 6.07 Å². The number of ether oxygens (including phenoxy) is 1. The Balaban J connectivity index is 1.97. The lowest BCUT2D eigenvalue weighted by molar-refractivity contribution is 0.313. The first-order valence-corrected chi connectivity index (χ1v) is 7.81. The van der Waals surface area contributed by atoms with E-state index in [9.17, 15) is 0 Å². The lowest BCUT2D eigenvalue weighted by Gasteiger charge is -2.30. The minimum absolute atomic E-state index is 0.616. The molecule has 0 amide bonds. The zero-order chi connectivity index (χ0) is 13.5. The predicted octanol–water partition coefficient (Wildman–Crippen LogP) is 4.86. The van der Waals surface area contributed by atoms with E-state index in [-0.39, 0.29) is 0 Å². The minimum atomic E-state index is 0.616. The highest BCUT2D eigenvalue weighted by molar-refractivity contribution is 5.56. The molecule has 1 aromatic carbocycles. The highest BCUT2D eigenvalue weighted by Gasteiger charge is 2.21. The number of hydrogen-bond donors (Lipinski definition) is 1. The highest BCUT2D eigenvalue weighted by atomic mass is 16.5. The Morgan fingerprint density at radius 1 is 1.21 bits per heavy atom. The van der Waals surface area contributed by atoms with Gasteiger partial charge in [0.05, 0.1) is 12.3 Å². The Hall–Kier alpha value is -1.18. The zero-order valence-electron chi connectivity index (χ0n) is 12.3. The molecular weight excluding hydrogens is 234 g/mol. The lowest BCUT2D eigenvalue weighted by Crippen LogP contribution is -2.27. The molecule has 1 aliphatic carbocycles. The molecule has 2 atom stereocenters. The lowest BCUT2D eigenvalue weighted by atomic mass is 9.84. The summed E-state index contributed by atoms with van der Waals surface area (Å²) in [7, 11) is 0. The van der Waals surface area contributed by atoms with Crippen LogP contribution in [-0.2, 0) is 0 Å². The van der Waals surface area contributed by atoms with Crippen LogP contribution < -0.4 is 10.1 Å². The average molecular weight is 261 g/mol. The number of anilines is 1. The molecule has 2 nitrogen and oxygen atoms in total. The molecule has 0 aliphatic heterocycles. The van der Waals surface area contributed by atoms with Crippen LogP contribution in [0.2, 0.25) is 0 Å². The number of benzene rings is 1. The molecule has 0 bridgehead atoms. The number of hydrogen-bond acceptors (Lipinski definition) is 2. The molecule has 1 aliphatic rings. The summed E-state index contributed by atoms with van der Waals surface area (Å²) < 4.78 is 5.82. The third-order valence-electron chi connectivity index (χ3n) is 4.07. The monoisotopic (exact) mass is 261 g/mol. The number of para-hydroxylation sites is 2. The maximum absolute atomic E-state index is 5.82. The van der Waals surface area contributed by atoms with Gasteiger partial charge in [0.1, 0.15) is 5.75 Å². The Bertz CT molecular complexity index is 377. The van der Waals surface area contributed by atoms with Crippen molar-refractivity contribution in [2.24, 2.45) is 5.92 Å².